The Labute approximate surface area is 338 Å². The quantitative estimate of drug-likeness (QED) is 0.106. The van der Waals surface area contributed by atoms with Gasteiger partial charge in [-0.1, -0.05) is 56.4 Å². The standard InChI is InChI=1S/C42H56FN5O10/c1-25(2)36-40(54)45-37(29-22-30(43)24-31(50)23-29)41(55)48-21-13-16-33(46-48)42(56)58-34(26(3)15-12-18-35(51)47(6)57-7)17-11-9-8-10-14-27(4)38(52)32(39(53)44-36)20-19-28(5)49/h8-12,14-15,18,22-25,32-34,36-38,46,50,52H,13,16-17,19-21H2,1-7H3,(H,44,53)(H,45,54)/b10-8+,11-9+,18-12+,26-15+,27-14+/t32-,33?,34+,36+,37?,38-/m1/s1. The molecule has 16 heteroatoms. The van der Waals surface area contributed by atoms with E-state index in [1.807, 2.05) is 0 Å². The van der Waals surface area contributed by atoms with E-state index in [9.17, 15) is 43.4 Å². The molecule has 1 aromatic rings. The van der Waals surface area contributed by atoms with Gasteiger partial charge in [0.25, 0.3) is 11.8 Å². The normalized spacial score (nSPS) is 26.7. The number of hydroxylamine groups is 2. The van der Waals surface area contributed by atoms with Crippen molar-refractivity contribution in [2.75, 3.05) is 20.7 Å². The van der Waals surface area contributed by atoms with Gasteiger partial charge >= 0.3 is 5.97 Å². The lowest BCUT2D eigenvalue weighted by Crippen LogP contribution is -2.59. The number of esters is 1. The summed E-state index contributed by atoms with van der Waals surface area (Å²) in [5, 5.41) is 29.1. The molecule has 2 heterocycles. The fourth-order valence-corrected chi connectivity index (χ4v) is 6.24. The summed E-state index contributed by atoms with van der Waals surface area (Å²) in [5.41, 5.74) is 3.78. The summed E-state index contributed by atoms with van der Waals surface area (Å²) >= 11 is 0. The maximum atomic E-state index is 14.7. The van der Waals surface area contributed by atoms with Gasteiger partial charge in [-0.2, -0.15) is 0 Å². The maximum Gasteiger partial charge on any atom is 0.325 e. The van der Waals surface area contributed by atoms with Crippen molar-refractivity contribution in [1.82, 2.24) is 26.1 Å². The Morgan fingerprint density at radius 3 is 2.47 bits per heavy atom. The first-order chi connectivity index (χ1) is 27.4. The number of nitrogens with zero attached hydrogens (tertiary/aromatic N) is 2. The number of fused-ring (bicyclic) bond motifs is 2. The maximum absolute atomic E-state index is 14.7. The molecule has 0 saturated carbocycles. The summed E-state index contributed by atoms with van der Waals surface area (Å²) in [7, 11) is 2.80. The lowest BCUT2D eigenvalue weighted by molar-refractivity contribution is -0.162. The summed E-state index contributed by atoms with van der Waals surface area (Å²) in [5.74, 6) is -6.70. The molecule has 4 amide bonds. The Bertz CT molecular complexity index is 1800. The van der Waals surface area contributed by atoms with Crippen LogP contribution in [0.2, 0.25) is 0 Å². The van der Waals surface area contributed by atoms with E-state index in [0.717, 1.165) is 28.3 Å². The zero-order chi connectivity index (χ0) is 43.1. The van der Waals surface area contributed by atoms with E-state index >= 15 is 0 Å². The van der Waals surface area contributed by atoms with E-state index in [1.165, 1.54) is 33.2 Å². The van der Waals surface area contributed by atoms with E-state index in [-0.39, 0.29) is 43.6 Å². The van der Waals surface area contributed by atoms with Gasteiger partial charge in [-0.05, 0) is 74.8 Å². The van der Waals surface area contributed by atoms with Gasteiger partial charge in [0.2, 0.25) is 11.8 Å². The Hall–Kier alpha value is -5.45. The predicted octanol–water partition coefficient (Wildman–Crippen LogP) is 3.57. The predicted molar refractivity (Wildman–Crippen MR) is 212 cm³/mol. The summed E-state index contributed by atoms with van der Waals surface area (Å²) in [6.45, 7) is 8.12. The lowest BCUT2D eigenvalue weighted by Gasteiger charge is -2.36. The number of aromatic hydroxyl groups is 1. The van der Waals surface area contributed by atoms with E-state index in [0.29, 0.717) is 17.6 Å². The van der Waals surface area contributed by atoms with Crippen LogP contribution in [0.25, 0.3) is 0 Å². The highest BCUT2D eigenvalue weighted by atomic mass is 19.1. The van der Waals surface area contributed by atoms with Gasteiger partial charge in [0.1, 0.15) is 41.6 Å². The Kier molecular flexibility index (Phi) is 18.2. The van der Waals surface area contributed by atoms with Crippen molar-refractivity contribution < 1.29 is 52.9 Å². The van der Waals surface area contributed by atoms with Gasteiger partial charge < -0.3 is 30.4 Å². The van der Waals surface area contributed by atoms with Gasteiger partial charge in [0.15, 0.2) is 0 Å². The summed E-state index contributed by atoms with van der Waals surface area (Å²) in [4.78, 5) is 84.9. The number of ketones is 1. The molecule has 2 bridgehead atoms. The monoisotopic (exact) mass is 809 g/mol. The minimum Gasteiger partial charge on any atom is -0.508 e. The molecule has 15 nitrogen and oxygen atoms in total. The van der Waals surface area contributed by atoms with Gasteiger partial charge in [-0.3, -0.25) is 33.8 Å². The van der Waals surface area contributed by atoms with Crippen LogP contribution in [0.4, 0.5) is 4.39 Å². The number of ether oxygens (including phenoxy) is 1. The Morgan fingerprint density at radius 2 is 1.81 bits per heavy atom. The van der Waals surface area contributed by atoms with Crippen molar-refractivity contribution >= 4 is 35.4 Å². The molecule has 2 aliphatic heterocycles. The third-order valence-electron chi connectivity index (χ3n) is 9.76. The van der Waals surface area contributed by atoms with Crippen molar-refractivity contribution in [3.05, 3.63) is 89.3 Å². The molecule has 1 fully saturated rings. The second kappa shape index (κ2) is 22.5. The number of nitrogens with one attached hydrogen (secondary N) is 3. The number of amides is 4. The third kappa shape index (κ3) is 13.9. The number of phenolic OH excluding ortho intramolecular Hbond substituents is 1. The molecule has 3 rings (SSSR count). The highest BCUT2D eigenvalue weighted by molar-refractivity contribution is 5.93. The number of carbonyl (C=O) groups is 6. The number of phenols is 1. The largest absolute Gasteiger partial charge is 0.508 e. The molecule has 5 N–H and O–H groups in total. The fourth-order valence-electron chi connectivity index (χ4n) is 6.24. The number of hydrogen-bond acceptors (Lipinski definition) is 11. The van der Waals surface area contributed by atoms with Crippen LogP contribution in [0.1, 0.15) is 78.3 Å². The van der Waals surface area contributed by atoms with Crippen molar-refractivity contribution in [1.29, 1.82) is 0 Å². The number of likely N-dealkylation sites (N-methyl/N-ethyl adjacent to an activating group) is 1. The van der Waals surface area contributed by atoms with E-state index in [4.69, 9.17) is 9.57 Å². The Morgan fingerprint density at radius 1 is 1.09 bits per heavy atom. The number of carbonyl (C=O) groups excluding carboxylic acids is 6. The molecule has 316 valence electrons. The first-order valence-electron chi connectivity index (χ1n) is 19.2. The number of aliphatic hydroxyl groups is 1. The summed E-state index contributed by atoms with van der Waals surface area (Å²) in [6, 6.07) is -0.934. The SMILES string of the molecule is CON(C)C(=O)/C=C/C=C(\C)[C@@H]1C/C=C/C=C/C=C(\C)[C@@H](O)[C@@H](CCC(C)=O)C(=O)N[C@@H](C(C)C)C(=O)NC(c2cc(O)cc(F)c2)C(=O)N2CCCC(N2)C(=O)O1. The second-order valence-corrected chi connectivity index (χ2v) is 14.7. The van der Waals surface area contributed by atoms with Crippen LogP contribution in [-0.4, -0.2) is 101 Å². The van der Waals surface area contributed by atoms with E-state index in [1.54, 1.807) is 64.2 Å². The lowest BCUT2D eigenvalue weighted by atomic mass is 9.89. The smallest absolute Gasteiger partial charge is 0.325 e. The molecule has 1 saturated heterocycles. The first-order valence-corrected chi connectivity index (χ1v) is 19.2. The van der Waals surface area contributed by atoms with Crippen LogP contribution in [-0.2, 0) is 38.3 Å². The molecular weight excluding hydrogens is 753 g/mol. The van der Waals surface area contributed by atoms with Crippen LogP contribution >= 0.6 is 0 Å². The van der Waals surface area contributed by atoms with Crippen LogP contribution in [0.15, 0.2) is 78.0 Å². The fraction of sp³-hybridized carbons (Fsp3) is 0.476. The number of allylic oxidation sites excluding steroid dienone is 6. The summed E-state index contributed by atoms with van der Waals surface area (Å²) in [6.07, 6.45) is 11.5. The number of Topliss-reactive ketones (excluding diaryl/α,β-unsaturated/α-hetero) is 1. The zero-order valence-corrected chi connectivity index (χ0v) is 34.1. The molecule has 2 aliphatic rings. The van der Waals surface area contributed by atoms with Crippen molar-refractivity contribution in [3.63, 3.8) is 0 Å². The number of halogens is 1. The number of hydrazine groups is 1. The first kappa shape index (κ1) is 46.9. The second-order valence-electron chi connectivity index (χ2n) is 14.7. The van der Waals surface area contributed by atoms with Crippen LogP contribution in [0, 0.1) is 17.7 Å². The van der Waals surface area contributed by atoms with Crippen LogP contribution < -0.4 is 16.1 Å². The summed E-state index contributed by atoms with van der Waals surface area (Å²) < 4.78 is 20.6. The molecule has 2 unspecified atom stereocenters. The zero-order valence-electron chi connectivity index (χ0n) is 34.1. The molecular formula is C42H56FN5O10. The number of benzene rings is 1. The Balaban J connectivity index is 2.11. The van der Waals surface area contributed by atoms with Gasteiger partial charge in [-0.15, -0.1) is 0 Å². The number of cyclic esters (lactones) is 1. The molecule has 0 aromatic heterocycles. The van der Waals surface area contributed by atoms with Crippen LogP contribution in [0.3, 0.4) is 0 Å². The minimum atomic E-state index is -1.60. The number of hydrogen-bond donors (Lipinski definition) is 5. The molecule has 0 spiro atoms. The highest BCUT2D eigenvalue weighted by Gasteiger charge is 2.38. The van der Waals surface area contributed by atoms with E-state index < -0.39 is 83.3 Å². The number of aliphatic hydroxyl groups excluding tert-OH is 1. The average Bonchev–Trinajstić information content (AvgIpc) is 3.17. The molecule has 0 aliphatic carbocycles. The molecule has 1 aromatic carbocycles. The minimum absolute atomic E-state index is 0.0150. The van der Waals surface area contributed by atoms with Crippen LogP contribution in [0.5, 0.6) is 5.75 Å². The highest BCUT2D eigenvalue weighted by Crippen LogP contribution is 2.26. The van der Waals surface area contributed by atoms with E-state index in [2.05, 4.69) is 16.1 Å². The van der Waals surface area contributed by atoms with Crippen molar-refractivity contribution in [2.24, 2.45) is 11.8 Å². The number of rotatable bonds is 9. The molecule has 58 heavy (non-hydrogen) atoms. The van der Waals surface area contributed by atoms with Gasteiger partial charge in [0, 0.05) is 38.6 Å². The van der Waals surface area contributed by atoms with Gasteiger partial charge in [0.05, 0.1) is 19.1 Å². The van der Waals surface area contributed by atoms with Gasteiger partial charge in [-0.25, -0.2) is 14.9 Å². The van der Waals surface area contributed by atoms with Crippen molar-refractivity contribution in [3.8, 4) is 5.75 Å². The molecule has 6 atom stereocenters. The average molecular weight is 810 g/mol. The van der Waals surface area contributed by atoms with Crippen molar-refractivity contribution in [2.45, 2.75) is 97.1 Å². The molecule has 0 radical (unpaired) electrons. The third-order valence-corrected chi connectivity index (χ3v) is 9.76. The topological polar surface area (TPSA) is 204 Å².